The molecule has 2 aromatic rings. The second kappa shape index (κ2) is 9.36. The standard InChI is InChI=1S/C23H32N6O2/c30-23(24-18-8-4-5-9-18)25-19-10-12-28(13-11-19)14-20-21-16-31-22(15-29(21)27-26-20)17-6-2-1-3-7-17/h1-3,6-7,18-19,22H,4-5,8-16H2,(H2,24,25,30)/t22-/m1/s1. The van der Waals surface area contributed by atoms with E-state index in [4.69, 9.17) is 4.74 Å². The minimum Gasteiger partial charge on any atom is -0.365 e. The van der Waals surface area contributed by atoms with Crippen LogP contribution in [0.25, 0.3) is 0 Å². The zero-order valence-electron chi connectivity index (χ0n) is 18.0. The van der Waals surface area contributed by atoms with Crippen LogP contribution < -0.4 is 10.6 Å². The van der Waals surface area contributed by atoms with Gasteiger partial charge in [-0.2, -0.15) is 0 Å². The summed E-state index contributed by atoms with van der Waals surface area (Å²) >= 11 is 0. The smallest absolute Gasteiger partial charge is 0.315 e. The van der Waals surface area contributed by atoms with Crippen LogP contribution in [0.5, 0.6) is 0 Å². The molecule has 0 bridgehead atoms. The molecule has 3 heterocycles. The van der Waals surface area contributed by atoms with Gasteiger partial charge in [-0.15, -0.1) is 5.10 Å². The quantitative estimate of drug-likeness (QED) is 0.771. The van der Waals surface area contributed by atoms with Crippen molar-refractivity contribution in [2.75, 3.05) is 13.1 Å². The lowest BCUT2D eigenvalue weighted by molar-refractivity contribution is -0.00216. The van der Waals surface area contributed by atoms with Crippen molar-refractivity contribution in [3.8, 4) is 0 Å². The molecule has 3 aliphatic rings. The Labute approximate surface area is 183 Å². The van der Waals surface area contributed by atoms with Gasteiger partial charge in [-0.25, -0.2) is 9.48 Å². The molecule has 1 aliphatic carbocycles. The number of piperidine rings is 1. The second-order valence-corrected chi connectivity index (χ2v) is 9.02. The maximum Gasteiger partial charge on any atom is 0.315 e. The molecule has 1 aromatic carbocycles. The highest BCUT2D eigenvalue weighted by Gasteiger charge is 2.27. The summed E-state index contributed by atoms with van der Waals surface area (Å²) in [6.45, 7) is 3.94. The molecule has 0 unspecified atom stereocenters. The average molecular weight is 425 g/mol. The van der Waals surface area contributed by atoms with Crippen molar-refractivity contribution < 1.29 is 9.53 Å². The van der Waals surface area contributed by atoms with Crippen molar-refractivity contribution in [1.29, 1.82) is 0 Å². The van der Waals surface area contributed by atoms with Gasteiger partial charge in [0.15, 0.2) is 0 Å². The Morgan fingerprint density at radius 2 is 1.74 bits per heavy atom. The van der Waals surface area contributed by atoms with E-state index in [2.05, 4.69) is 38.0 Å². The number of urea groups is 1. The zero-order valence-corrected chi connectivity index (χ0v) is 18.0. The Morgan fingerprint density at radius 1 is 1.03 bits per heavy atom. The molecule has 2 N–H and O–H groups in total. The number of likely N-dealkylation sites (tertiary alicyclic amines) is 1. The highest BCUT2D eigenvalue weighted by atomic mass is 16.5. The van der Waals surface area contributed by atoms with E-state index in [-0.39, 0.29) is 18.2 Å². The van der Waals surface area contributed by atoms with Crippen LogP contribution in [0, 0.1) is 0 Å². The fraction of sp³-hybridized carbons (Fsp3) is 0.609. The molecule has 1 saturated heterocycles. The summed E-state index contributed by atoms with van der Waals surface area (Å²) in [5, 5.41) is 15.1. The van der Waals surface area contributed by atoms with Gasteiger partial charge in [0.2, 0.25) is 0 Å². The lowest BCUT2D eigenvalue weighted by atomic mass is 10.0. The van der Waals surface area contributed by atoms with Crippen molar-refractivity contribution in [3.63, 3.8) is 0 Å². The van der Waals surface area contributed by atoms with Crippen LogP contribution in [0.15, 0.2) is 30.3 Å². The fourth-order valence-corrected chi connectivity index (χ4v) is 4.98. The van der Waals surface area contributed by atoms with Gasteiger partial charge in [0.25, 0.3) is 0 Å². The van der Waals surface area contributed by atoms with Gasteiger partial charge in [-0.3, -0.25) is 4.90 Å². The molecule has 2 amide bonds. The molecule has 1 saturated carbocycles. The molecular weight excluding hydrogens is 392 g/mol. The number of aromatic nitrogens is 3. The molecule has 0 radical (unpaired) electrons. The van der Waals surface area contributed by atoms with Crippen LogP contribution in [0.4, 0.5) is 4.79 Å². The first-order valence-corrected chi connectivity index (χ1v) is 11.6. The summed E-state index contributed by atoms with van der Waals surface area (Å²) in [4.78, 5) is 14.6. The second-order valence-electron chi connectivity index (χ2n) is 9.02. The molecule has 2 aliphatic heterocycles. The van der Waals surface area contributed by atoms with Gasteiger partial charge < -0.3 is 15.4 Å². The van der Waals surface area contributed by atoms with Crippen LogP contribution in [-0.2, 0) is 24.4 Å². The lowest BCUT2D eigenvalue weighted by Gasteiger charge is -2.32. The molecule has 31 heavy (non-hydrogen) atoms. The number of nitrogens with one attached hydrogen (secondary N) is 2. The Kier molecular flexibility index (Phi) is 6.18. The van der Waals surface area contributed by atoms with Crippen molar-refractivity contribution in [2.24, 2.45) is 0 Å². The summed E-state index contributed by atoms with van der Waals surface area (Å²) in [7, 11) is 0. The van der Waals surface area contributed by atoms with Gasteiger partial charge in [0.1, 0.15) is 11.8 Å². The maximum atomic E-state index is 12.2. The van der Waals surface area contributed by atoms with Crippen LogP contribution >= 0.6 is 0 Å². The van der Waals surface area contributed by atoms with Gasteiger partial charge in [-0.05, 0) is 31.2 Å². The average Bonchev–Trinajstić information content (AvgIpc) is 3.45. The highest BCUT2D eigenvalue weighted by molar-refractivity contribution is 5.74. The molecular formula is C23H32N6O2. The van der Waals surface area contributed by atoms with Gasteiger partial charge in [0, 0.05) is 31.7 Å². The summed E-state index contributed by atoms with van der Waals surface area (Å²) < 4.78 is 8.12. The van der Waals surface area contributed by atoms with E-state index in [1.807, 2.05) is 22.9 Å². The predicted octanol–water partition coefficient (Wildman–Crippen LogP) is 2.76. The van der Waals surface area contributed by atoms with Crippen molar-refractivity contribution in [2.45, 2.75) is 76.4 Å². The minimum absolute atomic E-state index is 0.00263. The van der Waals surface area contributed by atoms with Crippen molar-refractivity contribution in [3.05, 3.63) is 47.3 Å². The number of hydrogen-bond acceptors (Lipinski definition) is 5. The summed E-state index contributed by atoms with van der Waals surface area (Å²) in [5.74, 6) is 0. The zero-order chi connectivity index (χ0) is 21.0. The number of rotatable bonds is 5. The number of ether oxygens (including phenoxy) is 1. The van der Waals surface area contributed by atoms with Crippen molar-refractivity contribution >= 4 is 6.03 Å². The third-order valence-corrected chi connectivity index (χ3v) is 6.84. The maximum absolute atomic E-state index is 12.2. The molecule has 8 heteroatoms. The summed E-state index contributed by atoms with van der Waals surface area (Å²) in [6.07, 6.45) is 6.65. The number of nitrogens with zero attached hydrogens (tertiary/aromatic N) is 4. The molecule has 0 spiro atoms. The largest absolute Gasteiger partial charge is 0.365 e. The Bertz CT molecular complexity index is 871. The summed E-state index contributed by atoms with van der Waals surface area (Å²) in [5.41, 5.74) is 3.28. The van der Waals surface area contributed by atoms with Crippen LogP contribution in [0.3, 0.4) is 0 Å². The normalized spacial score (nSPS) is 22.9. The van der Waals surface area contributed by atoms with Crippen LogP contribution in [0.2, 0.25) is 0 Å². The number of hydrogen-bond donors (Lipinski definition) is 2. The topological polar surface area (TPSA) is 84.3 Å². The van der Waals surface area contributed by atoms with E-state index in [1.165, 1.54) is 18.4 Å². The molecule has 2 fully saturated rings. The van der Waals surface area contributed by atoms with Crippen molar-refractivity contribution in [1.82, 2.24) is 30.5 Å². The first-order chi connectivity index (χ1) is 15.2. The molecule has 1 atom stereocenters. The van der Waals surface area contributed by atoms with Gasteiger partial charge in [0.05, 0.1) is 18.8 Å². The van der Waals surface area contributed by atoms with Gasteiger partial charge in [-0.1, -0.05) is 48.4 Å². The SMILES string of the molecule is O=C(NC1CCCC1)NC1CCN(Cc2nnn3c2CO[C@@H](c2ccccc2)C3)CC1. The number of carbonyl (C=O) groups is 1. The van der Waals surface area contributed by atoms with E-state index in [9.17, 15) is 4.79 Å². The van der Waals surface area contributed by atoms with E-state index in [0.717, 1.165) is 56.7 Å². The predicted molar refractivity (Wildman–Crippen MR) is 116 cm³/mol. The first-order valence-electron chi connectivity index (χ1n) is 11.6. The summed E-state index contributed by atoms with van der Waals surface area (Å²) in [6, 6.07) is 10.9. The monoisotopic (exact) mass is 424 g/mol. The van der Waals surface area contributed by atoms with Crippen LogP contribution in [0.1, 0.15) is 61.6 Å². The minimum atomic E-state index is 0.00263. The molecule has 1 aromatic heterocycles. The molecule has 166 valence electrons. The molecule has 5 rings (SSSR count). The Balaban J connectivity index is 1.10. The lowest BCUT2D eigenvalue weighted by Crippen LogP contribution is -2.49. The third kappa shape index (κ3) is 4.91. The highest BCUT2D eigenvalue weighted by Crippen LogP contribution is 2.27. The van der Waals surface area contributed by atoms with E-state index in [1.54, 1.807) is 0 Å². The number of benzene rings is 1. The Hall–Kier alpha value is -2.45. The fourth-order valence-electron chi connectivity index (χ4n) is 4.98. The van der Waals surface area contributed by atoms with E-state index >= 15 is 0 Å². The third-order valence-electron chi connectivity index (χ3n) is 6.84. The number of carbonyl (C=O) groups excluding carboxylic acids is 1. The number of fused-ring (bicyclic) bond motifs is 1. The molecule has 8 nitrogen and oxygen atoms in total. The van der Waals surface area contributed by atoms with Gasteiger partial charge >= 0.3 is 6.03 Å². The first kappa shape index (κ1) is 20.5. The van der Waals surface area contributed by atoms with E-state index in [0.29, 0.717) is 19.2 Å². The number of amides is 2. The van der Waals surface area contributed by atoms with E-state index < -0.39 is 0 Å². The van der Waals surface area contributed by atoms with Crippen LogP contribution in [-0.4, -0.2) is 51.1 Å². The Morgan fingerprint density at radius 3 is 2.48 bits per heavy atom.